The number of primary sulfonamides is 1. The predicted molar refractivity (Wildman–Crippen MR) is 87.6 cm³/mol. The van der Waals surface area contributed by atoms with E-state index < -0.39 is 15.3 Å². The largest absolute Gasteiger partial charge is 0.456 e. The minimum atomic E-state index is -3.72. The van der Waals surface area contributed by atoms with Crippen LogP contribution in [-0.4, -0.2) is 26.1 Å². The number of rotatable bonds is 2. The summed E-state index contributed by atoms with van der Waals surface area (Å²) in [7, 11) is -3.72. The van der Waals surface area contributed by atoms with E-state index in [1.807, 2.05) is 30.3 Å². The van der Waals surface area contributed by atoms with Crippen molar-refractivity contribution in [3.05, 3.63) is 42.5 Å². The fourth-order valence-electron chi connectivity index (χ4n) is 3.03. The van der Waals surface area contributed by atoms with Gasteiger partial charge in [0.2, 0.25) is 15.9 Å². The van der Waals surface area contributed by atoms with Gasteiger partial charge >= 0.3 is 0 Å². The van der Waals surface area contributed by atoms with Crippen LogP contribution in [0.25, 0.3) is 21.9 Å². The Labute approximate surface area is 132 Å². The Bertz CT molecular complexity index is 1040. The Morgan fingerprint density at radius 1 is 1.09 bits per heavy atom. The molecule has 2 heterocycles. The molecule has 2 N–H and O–H groups in total. The lowest BCUT2D eigenvalue weighted by Gasteiger charge is -2.16. The van der Waals surface area contributed by atoms with Crippen LogP contribution in [0.3, 0.4) is 0 Å². The summed E-state index contributed by atoms with van der Waals surface area (Å²) in [5.41, 5.74) is 2.15. The van der Waals surface area contributed by atoms with Crippen LogP contribution in [0, 0.1) is 0 Å². The van der Waals surface area contributed by atoms with Crippen LogP contribution in [0.2, 0.25) is 0 Å². The summed E-state index contributed by atoms with van der Waals surface area (Å²) < 4.78 is 28.7. The molecule has 2 aromatic carbocycles. The highest BCUT2D eigenvalue weighted by atomic mass is 32.2. The van der Waals surface area contributed by atoms with Crippen molar-refractivity contribution < 1.29 is 17.6 Å². The normalized spacial score (nSPS) is 19.1. The van der Waals surface area contributed by atoms with Crippen molar-refractivity contribution in [3.63, 3.8) is 0 Å². The summed E-state index contributed by atoms with van der Waals surface area (Å²) in [6.07, 6.45) is -0.0804. The van der Waals surface area contributed by atoms with E-state index in [1.165, 1.54) is 4.90 Å². The number of benzene rings is 2. The number of furan rings is 1. The van der Waals surface area contributed by atoms with E-state index in [9.17, 15) is 13.2 Å². The van der Waals surface area contributed by atoms with Gasteiger partial charge in [0.1, 0.15) is 16.4 Å². The molecule has 1 aromatic heterocycles. The zero-order chi connectivity index (χ0) is 16.2. The molecule has 0 bridgehead atoms. The monoisotopic (exact) mass is 330 g/mol. The van der Waals surface area contributed by atoms with E-state index in [0.717, 1.165) is 21.9 Å². The van der Waals surface area contributed by atoms with Gasteiger partial charge in [0, 0.05) is 29.4 Å². The van der Waals surface area contributed by atoms with Crippen molar-refractivity contribution in [3.8, 4) is 0 Å². The number of carbonyl (C=O) groups is 1. The summed E-state index contributed by atoms with van der Waals surface area (Å²) in [5.74, 6) is -0.240. The maximum atomic E-state index is 12.2. The molecule has 4 rings (SSSR count). The van der Waals surface area contributed by atoms with Gasteiger partial charge in [0.05, 0.1) is 0 Å². The first kappa shape index (κ1) is 14.2. The number of carbonyl (C=O) groups excluding carboxylic acids is 1. The Hall–Kier alpha value is -2.38. The highest BCUT2D eigenvalue weighted by Gasteiger charge is 2.37. The Morgan fingerprint density at radius 2 is 1.83 bits per heavy atom. The topological polar surface area (TPSA) is 93.6 Å². The zero-order valence-corrected chi connectivity index (χ0v) is 12.9. The van der Waals surface area contributed by atoms with E-state index in [0.29, 0.717) is 5.69 Å². The number of hydrogen-bond donors (Lipinski definition) is 1. The lowest BCUT2D eigenvalue weighted by atomic mass is 10.1. The van der Waals surface area contributed by atoms with Crippen molar-refractivity contribution >= 4 is 43.6 Å². The number of anilines is 1. The zero-order valence-electron chi connectivity index (χ0n) is 12.1. The number of sulfonamides is 1. The second kappa shape index (κ2) is 4.81. The molecule has 6 nitrogen and oxygen atoms in total. The Morgan fingerprint density at radius 3 is 2.57 bits per heavy atom. The number of para-hydroxylation sites is 1. The van der Waals surface area contributed by atoms with Crippen LogP contribution in [0.5, 0.6) is 0 Å². The van der Waals surface area contributed by atoms with E-state index >= 15 is 0 Å². The van der Waals surface area contributed by atoms with Gasteiger partial charge in [0.15, 0.2) is 0 Å². The van der Waals surface area contributed by atoms with Crippen LogP contribution < -0.4 is 10.0 Å². The number of nitrogens with zero attached hydrogens (tertiary/aromatic N) is 1. The van der Waals surface area contributed by atoms with Crippen molar-refractivity contribution in [1.29, 1.82) is 0 Å². The maximum Gasteiger partial charge on any atom is 0.228 e. The third kappa shape index (κ3) is 2.29. The van der Waals surface area contributed by atoms with Crippen molar-refractivity contribution in [1.82, 2.24) is 0 Å². The number of hydrogen-bond acceptors (Lipinski definition) is 4. The summed E-state index contributed by atoms with van der Waals surface area (Å²) >= 11 is 0. The smallest absolute Gasteiger partial charge is 0.228 e. The average Bonchev–Trinajstić information content (AvgIpc) is 3.07. The molecule has 0 aliphatic carbocycles. The lowest BCUT2D eigenvalue weighted by Crippen LogP contribution is -2.32. The molecule has 0 radical (unpaired) electrons. The van der Waals surface area contributed by atoms with Crippen LogP contribution in [0.4, 0.5) is 5.69 Å². The number of amides is 1. The summed E-state index contributed by atoms with van der Waals surface area (Å²) in [5, 5.41) is 6.17. The molecular formula is C16H14N2O4S. The first-order chi connectivity index (χ1) is 10.9. The molecule has 7 heteroatoms. The molecular weight excluding hydrogens is 316 g/mol. The average molecular weight is 330 g/mol. The van der Waals surface area contributed by atoms with Gasteiger partial charge in [-0.25, -0.2) is 13.6 Å². The van der Waals surface area contributed by atoms with E-state index in [-0.39, 0.29) is 18.9 Å². The molecule has 0 saturated carbocycles. The molecule has 1 atom stereocenters. The quantitative estimate of drug-likeness (QED) is 0.777. The SMILES string of the molecule is NS(=O)(=O)C1CC(=O)N(c2ccc3oc4ccccc4c3c2)C1. The fourth-order valence-corrected chi connectivity index (χ4v) is 3.76. The number of nitrogens with two attached hydrogens (primary N) is 1. The molecule has 1 saturated heterocycles. The predicted octanol–water partition coefficient (Wildman–Crippen LogP) is 1.98. The fraction of sp³-hybridized carbons (Fsp3) is 0.188. The third-order valence-corrected chi connectivity index (χ3v) is 5.47. The Balaban J connectivity index is 1.80. The van der Waals surface area contributed by atoms with E-state index in [2.05, 4.69) is 0 Å². The molecule has 1 aliphatic heterocycles. The molecule has 1 amide bonds. The minimum absolute atomic E-state index is 0.0804. The number of fused-ring (bicyclic) bond motifs is 3. The molecule has 1 aliphatic rings. The van der Waals surface area contributed by atoms with Crippen molar-refractivity contribution in [2.45, 2.75) is 11.7 Å². The van der Waals surface area contributed by atoms with Gasteiger partial charge in [-0.05, 0) is 24.3 Å². The van der Waals surface area contributed by atoms with Gasteiger partial charge in [-0.2, -0.15) is 0 Å². The first-order valence-corrected chi connectivity index (χ1v) is 8.78. The summed E-state index contributed by atoms with van der Waals surface area (Å²) in [6, 6.07) is 13.0. The molecule has 1 fully saturated rings. The van der Waals surface area contributed by atoms with Crippen LogP contribution in [0.15, 0.2) is 46.9 Å². The molecule has 118 valence electrons. The highest BCUT2D eigenvalue weighted by Crippen LogP contribution is 2.33. The third-order valence-electron chi connectivity index (χ3n) is 4.23. The maximum absolute atomic E-state index is 12.2. The highest BCUT2D eigenvalue weighted by molar-refractivity contribution is 7.89. The van der Waals surface area contributed by atoms with Gasteiger partial charge in [0.25, 0.3) is 0 Å². The summed E-state index contributed by atoms with van der Waals surface area (Å²) in [4.78, 5) is 13.6. The van der Waals surface area contributed by atoms with E-state index in [1.54, 1.807) is 12.1 Å². The molecule has 3 aromatic rings. The molecule has 23 heavy (non-hydrogen) atoms. The van der Waals surface area contributed by atoms with Gasteiger partial charge in [-0.15, -0.1) is 0 Å². The molecule has 0 spiro atoms. The first-order valence-electron chi connectivity index (χ1n) is 7.17. The lowest BCUT2D eigenvalue weighted by molar-refractivity contribution is -0.117. The van der Waals surface area contributed by atoms with Gasteiger partial charge in [-0.3, -0.25) is 4.79 Å². The van der Waals surface area contributed by atoms with Gasteiger partial charge in [-0.1, -0.05) is 18.2 Å². The molecule has 1 unspecified atom stereocenters. The van der Waals surface area contributed by atoms with Gasteiger partial charge < -0.3 is 9.32 Å². The second-order valence-electron chi connectivity index (χ2n) is 5.70. The van der Waals surface area contributed by atoms with Crippen molar-refractivity contribution in [2.24, 2.45) is 5.14 Å². The minimum Gasteiger partial charge on any atom is -0.456 e. The summed E-state index contributed by atoms with van der Waals surface area (Å²) in [6.45, 7) is 0.0823. The standard InChI is InChI=1S/C16H14N2O4S/c17-23(20,21)11-8-16(19)18(9-11)10-5-6-15-13(7-10)12-3-1-2-4-14(12)22-15/h1-7,11H,8-9H2,(H2,17,20,21). The van der Waals surface area contributed by atoms with Crippen molar-refractivity contribution in [2.75, 3.05) is 11.4 Å². The second-order valence-corrected chi connectivity index (χ2v) is 7.54. The van der Waals surface area contributed by atoms with Crippen LogP contribution >= 0.6 is 0 Å². The van der Waals surface area contributed by atoms with Crippen LogP contribution in [-0.2, 0) is 14.8 Å². The van der Waals surface area contributed by atoms with E-state index in [4.69, 9.17) is 9.56 Å². The van der Waals surface area contributed by atoms with Crippen LogP contribution in [0.1, 0.15) is 6.42 Å². The Kier molecular flexibility index (Phi) is 2.97.